The van der Waals surface area contributed by atoms with Crippen molar-refractivity contribution in [3.05, 3.63) is 29.8 Å². The number of morpholine rings is 1. The van der Waals surface area contributed by atoms with Crippen molar-refractivity contribution in [3.63, 3.8) is 0 Å². The molecular formula is C17H24N2O2. The first-order chi connectivity index (χ1) is 10.3. The largest absolute Gasteiger partial charge is 0.378 e. The highest BCUT2D eigenvalue weighted by atomic mass is 16.5. The number of carbonyl (C=O) groups excluding carboxylic acids is 1. The lowest BCUT2D eigenvalue weighted by atomic mass is 10.1. The summed E-state index contributed by atoms with van der Waals surface area (Å²) in [5, 5.41) is 0. The lowest BCUT2D eigenvalue weighted by molar-refractivity contribution is -0.134. The standard InChI is InChI=1S/C17H24N2O2/c20-17(19-10-12-21-13-11-19)14-15-4-6-16(7-5-15)18-8-2-1-3-9-18/h4-7H,1-3,8-14H2. The molecule has 3 rings (SSSR count). The number of hydrogen-bond donors (Lipinski definition) is 0. The third kappa shape index (κ3) is 3.76. The average Bonchev–Trinajstić information content (AvgIpc) is 2.57. The summed E-state index contributed by atoms with van der Waals surface area (Å²) in [6.07, 6.45) is 4.43. The van der Waals surface area contributed by atoms with Crippen molar-refractivity contribution in [3.8, 4) is 0 Å². The van der Waals surface area contributed by atoms with Gasteiger partial charge in [0.25, 0.3) is 0 Å². The number of rotatable bonds is 3. The van der Waals surface area contributed by atoms with Crippen molar-refractivity contribution in [1.82, 2.24) is 4.90 Å². The molecule has 0 saturated carbocycles. The lowest BCUT2D eigenvalue weighted by Gasteiger charge is -2.29. The maximum atomic E-state index is 12.2. The van der Waals surface area contributed by atoms with Gasteiger partial charge >= 0.3 is 0 Å². The lowest BCUT2D eigenvalue weighted by Crippen LogP contribution is -2.41. The van der Waals surface area contributed by atoms with E-state index in [2.05, 4.69) is 29.2 Å². The molecule has 2 aliphatic rings. The number of amides is 1. The maximum absolute atomic E-state index is 12.2. The highest BCUT2D eigenvalue weighted by Gasteiger charge is 2.17. The van der Waals surface area contributed by atoms with Crippen molar-refractivity contribution >= 4 is 11.6 Å². The molecule has 2 fully saturated rings. The third-order valence-electron chi connectivity index (χ3n) is 4.38. The molecule has 2 saturated heterocycles. The summed E-state index contributed by atoms with van der Waals surface area (Å²) < 4.78 is 5.28. The molecule has 0 aromatic heterocycles. The van der Waals surface area contributed by atoms with Crippen LogP contribution in [0.1, 0.15) is 24.8 Å². The molecule has 21 heavy (non-hydrogen) atoms. The zero-order chi connectivity index (χ0) is 14.5. The van der Waals surface area contributed by atoms with Gasteiger partial charge in [0.05, 0.1) is 19.6 Å². The van der Waals surface area contributed by atoms with Crippen LogP contribution in [0.25, 0.3) is 0 Å². The molecule has 114 valence electrons. The molecule has 0 atom stereocenters. The van der Waals surface area contributed by atoms with Crippen LogP contribution in [0.3, 0.4) is 0 Å². The Labute approximate surface area is 126 Å². The molecule has 0 aliphatic carbocycles. The number of ether oxygens (including phenoxy) is 1. The minimum absolute atomic E-state index is 0.212. The molecule has 1 aromatic carbocycles. The number of benzene rings is 1. The van der Waals surface area contributed by atoms with E-state index in [-0.39, 0.29) is 5.91 Å². The maximum Gasteiger partial charge on any atom is 0.227 e. The summed E-state index contributed by atoms with van der Waals surface area (Å²) in [7, 11) is 0. The van der Waals surface area contributed by atoms with Crippen molar-refractivity contribution in [2.24, 2.45) is 0 Å². The van der Waals surface area contributed by atoms with Crippen LogP contribution in [-0.4, -0.2) is 50.2 Å². The predicted octanol–water partition coefficient (Wildman–Crippen LogP) is 2.08. The molecule has 2 aliphatic heterocycles. The number of hydrogen-bond acceptors (Lipinski definition) is 3. The smallest absolute Gasteiger partial charge is 0.227 e. The van der Waals surface area contributed by atoms with Gasteiger partial charge in [0.15, 0.2) is 0 Å². The summed E-state index contributed by atoms with van der Waals surface area (Å²) in [5.41, 5.74) is 2.39. The fraction of sp³-hybridized carbons (Fsp3) is 0.588. The predicted molar refractivity (Wildman–Crippen MR) is 83.6 cm³/mol. The molecule has 0 radical (unpaired) electrons. The van der Waals surface area contributed by atoms with E-state index in [1.807, 2.05) is 4.90 Å². The molecule has 0 spiro atoms. The van der Waals surface area contributed by atoms with E-state index < -0.39 is 0 Å². The molecule has 0 N–H and O–H groups in total. The number of piperidine rings is 1. The van der Waals surface area contributed by atoms with Gasteiger partial charge in [-0.3, -0.25) is 4.79 Å². The van der Waals surface area contributed by atoms with Gasteiger partial charge in [0.1, 0.15) is 0 Å². The average molecular weight is 288 g/mol. The van der Waals surface area contributed by atoms with E-state index in [1.165, 1.54) is 24.9 Å². The van der Waals surface area contributed by atoms with Gasteiger partial charge in [-0.05, 0) is 37.0 Å². The minimum Gasteiger partial charge on any atom is -0.378 e. The first-order valence-corrected chi connectivity index (χ1v) is 8.02. The van der Waals surface area contributed by atoms with Gasteiger partial charge in [-0.2, -0.15) is 0 Å². The summed E-state index contributed by atoms with van der Waals surface area (Å²) in [5.74, 6) is 0.212. The molecule has 1 amide bonds. The van der Waals surface area contributed by atoms with Gasteiger partial charge < -0.3 is 14.5 Å². The fourth-order valence-corrected chi connectivity index (χ4v) is 3.08. The zero-order valence-corrected chi connectivity index (χ0v) is 12.6. The van der Waals surface area contributed by atoms with Crippen LogP contribution in [0.5, 0.6) is 0 Å². The Balaban J connectivity index is 1.57. The molecular weight excluding hydrogens is 264 g/mol. The first kappa shape index (κ1) is 14.4. The van der Waals surface area contributed by atoms with Gasteiger partial charge in [0, 0.05) is 31.9 Å². The monoisotopic (exact) mass is 288 g/mol. The normalized spacial score (nSPS) is 19.6. The van der Waals surface area contributed by atoms with Gasteiger partial charge in [-0.15, -0.1) is 0 Å². The van der Waals surface area contributed by atoms with Crippen LogP contribution >= 0.6 is 0 Å². The summed E-state index contributed by atoms with van der Waals surface area (Å²) in [6, 6.07) is 8.52. The second-order valence-corrected chi connectivity index (χ2v) is 5.88. The highest BCUT2D eigenvalue weighted by molar-refractivity contribution is 5.79. The fourth-order valence-electron chi connectivity index (χ4n) is 3.08. The van der Waals surface area contributed by atoms with Gasteiger partial charge in [-0.1, -0.05) is 12.1 Å². The van der Waals surface area contributed by atoms with Crippen molar-refractivity contribution < 1.29 is 9.53 Å². The third-order valence-corrected chi connectivity index (χ3v) is 4.38. The van der Waals surface area contributed by atoms with Crippen LogP contribution < -0.4 is 4.90 Å². The minimum atomic E-state index is 0.212. The van der Waals surface area contributed by atoms with Crippen LogP contribution in [0.2, 0.25) is 0 Å². The Morgan fingerprint density at radius 2 is 1.62 bits per heavy atom. The molecule has 2 heterocycles. The Bertz CT molecular complexity index is 460. The second kappa shape index (κ2) is 6.94. The summed E-state index contributed by atoms with van der Waals surface area (Å²) in [4.78, 5) is 16.6. The number of nitrogens with zero attached hydrogens (tertiary/aromatic N) is 2. The Morgan fingerprint density at radius 1 is 0.952 bits per heavy atom. The summed E-state index contributed by atoms with van der Waals surface area (Å²) in [6.45, 7) is 5.10. The van der Waals surface area contributed by atoms with Crippen LogP contribution in [0, 0.1) is 0 Å². The molecule has 4 nitrogen and oxygen atoms in total. The molecule has 0 bridgehead atoms. The van der Waals surface area contributed by atoms with E-state index in [0.717, 1.165) is 31.7 Å². The van der Waals surface area contributed by atoms with Crippen LogP contribution in [0.15, 0.2) is 24.3 Å². The Morgan fingerprint density at radius 3 is 2.29 bits per heavy atom. The van der Waals surface area contributed by atoms with Crippen molar-refractivity contribution in [2.45, 2.75) is 25.7 Å². The van der Waals surface area contributed by atoms with Crippen molar-refractivity contribution in [1.29, 1.82) is 0 Å². The van der Waals surface area contributed by atoms with Gasteiger partial charge in [-0.25, -0.2) is 0 Å². The molecule has 4 heteroatoms. The molecule has 1 aromatic rings. The summed E-state index contributed by atoms with van der Waals surface area (Å²) >= 11 is 0. The van der Waals surface area contributed by atoms with E-state index >= 15 is 0 Å². The number of anilines is 1. The Hall–Kier alpha value is -1.55. The second-order valence-electron chi connectivity index (χ2n) is 5.88. The first-order valence-electron chi connectivity index (χ1n) is 8.02. The highest BCUT2D eigenvalue weighted by Crippen LogP contribution is 2.20. The van der Waals surface area contributed by atoms with E-state index in [9.17, 15) is 4.79 Å². The quantitative estimate of drug-likeness (QED) is 0.853. The van der Waals surface area contributed by atoms with Crippen LogP contribution in [-0.2, 0) is 16.0 Å². The van der Waals surface area contributed by atoms with Gasteiger partial charge in [0.2, 0.25) is 5.91 Å². The Kier molecular flexibility index (Phi) is 4.76. The zero-order valence-electron chi connectivity index (χ0n) is 12.6. The van der Waals surface area contributed by atoms with Crippen molar-refractivity contribution in [2.75, 3.05) is 44.3 Å². The molecule has 0 unspecified atom stereocenters. The van der Waals surface area contributed by atoms with E-state index in [0.29, 0.717) is 19.6 Å². The van der Waals surface area contributed by atoms with E-state index in [4.69, 9.17) is 4.74 Å². The van der Waals surface area contributed by atoms with Crippen LogP contribution in [0.4, 0.5) is 5.69 Å². The van der Waals surface area contributed by atoms with E-state index in [1.54, 1.807) is 0 Å². The number of carbonyl (C=O) groups is 1. The SMILES string of the molecule is O=C(Cc1ccc(N2CCCCC2)cc1)N1CCOCC1. The topological polar surface area (TPSA) is 32.8 Å².